The van der Waals surface area contributed by atoms with Crippen molar-refractivity contribution in [3.63, 3.8) is 0 Å². The highest BCUT2D eigenvalue weighted by atomic mass is 16.5. The maximum Gasteiger partial charge on any atom is 0.119 e. The van der Waals surface area contributed by atoms with Crippen LogP contribution in [0.1, 0.15) is 31.2 Å². The van der Waals surface area contributed by atoms with Gasteiger partial charge in [-0.2, -0.15) is 0 Å². The first kappa shape index (κ1) is 14.8. The Morgan fingerprint density at radius 2 is 2.10 bits per heavy atom. The number of hydrogen-bond acceptors (Lipinski definition) is 4. The minimum absolute atomic E-state index is 0.183. The van der Waals surface area contributed by atoms with E-state index in [1.165, 1.54) is 6.42 Å². The van der Waals surface area contributed by atoms with Crippen LogP contribution in [0.3, 0.4) is 0 Å². The molecule has 1 aliphatic heterocycles. The molecule has 1 heterocycles. The van der Waals surface area contributed by atoms with Gasteiger partial charge in [-0.25, -0.2) is 0 Å². The maximum atomic E-state index is 11.4. The lowest BCUT2D eigenvalue weighted by Crippen LogP contribution is -2.55. The number of morpholine rings is 1. The zero-order valence-electron chi connectivity index (χ0n) is 12.8. The summed E-state index contributed by atoms with van der Waals surface area (Å²) < 4.78 is 10.8. The predicted octanol–water partition coefficient (Wildman–Crippen LogP) is 2.16. The Balaban J connectivity index is 1.90. The third-order valence-electron chi connectivity index (χ3n) is 4.89. The molecule has 21 heavy (non-hydrogen) atoms. The molecule has 1 aromatic carbocycles. The monoisotopic (exact) mass is 291 g/mol. The molecule has 4 heteroatoms. The molecule has 2 atom stereocenters. The Kier molecular flexibility index (Phi) is 4.48. The smallest absolute Gasteiger partial charge is 0.119 e. The van der Waals surface area contributed by atoms with E-state index in [1.54, 1.807) is 7.11 Å². The maximum absolute atomic E-state index is 11.4. The first-order valence-corrected chi connectivity index (χ1v) is 7.93. The Hall–Kier alpha value is -1.10. The Labute approximate surface area is 126 Å². The van der Waals surface area contributed by atoms with E-state index in [9.17, 15) is 5.11 Å². The molecule has 1 saturated carbocycles. The summed E-state index contributed by atoms with van der Waals surface area (Å²) in [6.07, 6.45) is 4.14. The molecule has 1 N–H and O–H groups in total. The van der Waals surface area contributed by atoms with Crippen LogP contribution >= 0.6 is 0 Å². The largest absolute Gasteiger partial charge is 0.497 e. The first-order valence-electron chi connectivity index (χ1n) is 7.93. The van der Waals surface area contributed by atoms with Gasteiger partial charge in [0.1, 0.15) is 11.4 Å². The third-order valence-corrected chi connectivity index (χ3v) is 4.89. The number of nitrogens with zero attached hydrogens (tertiary/aromatic N) is 1. The summed E-state index contributed by atoms with van der Waals surface area (Å²) in [5.41, 5.74) is 0.211. The van der Waals surface area contributed by atoms with Crippen LogP contribution in [-0.4, -0.2) is 49.5 Å². The zero-order valence-corrected chi connectivity index (χ0v) is 12.8. The lowest BCUT2D eigenvalue weighted by atomic mass is 9.75. The molecule has 2 unspecified atom stereocenters. The standard InChI is InChI=1S/C17H25NO3/c1-20-15-6-4-5-14(13-15)17(19)8-3-2-7-16(17)18-9-11-21-12-10-18/h4-6,13,16,19H,2-3,7-12H2,1H3. The van der Waals surface area contributed by atoms with Crippen molar-refractivity contribution in [1.29, 1.82) is 0 Å². The van der Waals surface area contributed by atoms with Gasteiger partial charge in [-0.3, -0.25) is 4.90 Å². The van der Waals surface area contributed by atoms with Gasteiger partial charge in [-0.05, 0) is 30.5 Å². The average molecular weight is 291 g/mol. The lowest BCUT2D eigenvalue weighted by molar-refractivity contribution is -0.102. The fraction of sp³-hybridized carbons (Fsp3) is 0.647. The second kappa shape index (κ2) is 6.34. The van der Waals surface area contributed by atoms with E-state index in [0.717, 1.165) is 56.9 Å². The highest BCUT2D eigenvalue weighted by Gasteiger charge is 2.43. The minimum atomic E-state index is -0.774. The van der Waals surface area contributed by atoms with Gasteiger partial charge in [0.05, 0.1) is 20.3 Å². The molecule has 0 amide bonds. The van der Waals surface area contributed by atoms with Crippen molar-refractivity contribution in [3.8, 4) is 5.75 Å². The Morgan fingerprint density at radius 3 is 2.86 bits per heavy atom. The SMILES string of the molecule is COc1cccc(C2(O)CCCCC2N2CCOCC2)c1. The predicted molar refractivity (Wildman–Crippen MR) is 81.5 cm³/mol. The van der Waals surface area contributed by atoms with Gasteiger partial charge in [0.2, 0.25) is 0 Å². The Morgan fingerprint density at radius 1 is 1.29 bits per heavy atom. The second-order valence-electron chi connectivity index (χ2n) is 6.07. The molecule has 3 rings (SSSR count). The molecular weight excluding hydrogens is 266 g/mol. The molecule has 2 fully saturated rings. The summed E-state index contributed by atoms with van der Waals surface area (Å²) in [4.78, 5) is 2.40. The number of hydrogen-bond donors (Lipinski definition) is 1. The normalized spacial score (nSPS) is 31.0. The number of rotatable bonds is 3. The van der Waals surface area contributed by atoms with Crippen LogP contribution in [0.2, 0.25) is 0 Å². The summed E-state index contributed by atoms with van der Waals surface area (Å²) in [6.45, 7) is 3.36. The summed E-state index contributed by atoms with van der Waals surface area (Å²) in [7, 11) is 1.67. The summed E-state index contributed by atoms with van der Waals surface area (Å²) in [5, 5.41) is 11.4. The number of benzene rings is 1. The van der Waals surface area contributed by atoms with Crippen molar-refractivity contribution < 1.29 is 14.6 Å². The van der Waals surface area contributed by atoms with Crippen molar-refractivity contribution in [3.05, 3.63) is 29.8 Å². The summed E-state index contributed by atoms with van der Waals surface area (Å²) in [6, 6.07) is 8.10. The Bertz CT molecular complexity index is 473. The number of methoxy groups -OCH3 is 1. The van der Waals surface area contributed by atoms with Gasteiger partial charge in [-0.1, -0.05) is 25.0 Å². The topological polar surface area (TPSA) is 41.9 Å². The minimum Gasteiger partial charge on any atom is -0.497 e. The fourth-order valence-electron chi connectivity index (χ4n) is 3.74. The third kappa shape index (κ3) is 2.93. The van der Waals surface area contributed by atoms with Gasteiger partial charge < -0.3 is 14.6 Å². The van der Waals surface area contributed by atoms with Crippen LogP contribution in [-0.2, 0) is 10.3 Å². The fourth-order valence-corrected chi connectivity index (χ4v) is 3.74. The molecule has 0 aromatic heterocycles. The zero-order chi connectivity index (χ0) is 14.7. The van der Waals surface area contributed by atoms with Crippen molar-refractivity contribution in [2.75, 3.05) is 33.4 Å². The van der Waals surface area contributed by atoms with Crippen LogP contribution in [0.15, 0.2) is 24.3 Å². The van der Waals surface area contributed by atoms with Crippen molar-refractivity contribution in [2.45, 2.75) is 37.3 Å². The molecule has 0 spiro atoms. The van der Waals surface area contributed by atoms with Crippen LogP contribution in [0.5, 0.6) is 5.75 Å². The van der Waals surface area contributed by atoms with Crippen LogP contribution in [0, 0.1) is 0 Å². The molecule has 116 valence electrons. The van der Waals surface area contributed by atoms with Gasteiger partial charge >= 0.3 is 0 Å². The molecule has 0 bridgehead atoms. The molecule has 1 aliphatic carbocycles. The van der Waals surface area contributed by atoms with E-state index in [2.05, 4.69) is 4.90 Å². The van der Waals surface area contributed by atoms with Gasteiger partial charge in [0, 0.05) is 19.1 Å². The highest BCUT2D eigenvalue weighted by Crippen LogP contribution is 2.41. The van der Waals surface area contributed by atoms with E-state index >= 15 is 0 Å². The van der Waals surface area contributed by atoms with E-state index in [4.69, 9.17) is 9.47 Å². The van der Waals surface area contributed by atoms with Crippen LogP contribution in [0.4, 0.5) is 0 Å². The molecule has 4 nitrogen and oxygen atoms in total. The van der Waals surface area contributed by atoms with E-state index in [-0.39, 0.29) is 6.04 Å². The average Bonchev–Trinajstić information content (AvgIpc) is 2.56. The highest BCUT2D eigenvalue weighted by molar-refractivity contribution is 5.34. The van der Waals surface area contributed by atoms with Gasteiger partial charge in [0.25, 0.3) is 0 Å². The van der Waals surface area contributed by atoms with Crippen molar-refractivity contribution >= 4 is 0 Å². The van der Waals surface area contributed by atoms with Crippen LogP contribution in [0.25, 0.3) is 0 Å². The summed E-state index contributed by atoms with van der Waals surface area (Å²) in [5.74, 6) is 0.812. The van der Waals surface area contributed by atoms with E-state index in [1.807, 2.05) is 24.3 Å². The van der Waals surface area contributed by atoms with Crippen LogP contribution < -0.4 is 4.74 Å². The second-order valence-corrected chi connectivity index (χ2v) is 6.07. The van der Waals surface area contributed by atoms with E-state index in [0.29, 0.717) is 0 Å². The van der Waals surface area contributed by atoms with E-state index < -0.39 is 5.60 Å². The molecule has 2 aliphatic rings. The van der Waals surface area contributed by atoms with Gasteiger partial charge in [0.15, 0.2) is 0 Å². The molecule has 0 radical (unpaired) electrons. The van der Waals surface area contributed by atoms with Gasteiger partial charge in [-0.15, -0.1) is 0 Å². The van der Waals surface area contributed by atoms with Crippen molar-refractivity contribution in [2.24, 2.45) is 0 Å². The number of ether oxygens (including phenoxy) is 2. The molecule has 1 saturated heterocycles. The number of aliphatic hydroxyl groups is 1. The summed E-state index contributed by atoms with van der Waals surface area (Å²) >= 11 is 0. The molecule has 1 aromatic rings. The van der Waals surface area contributed by atoms with Crippen molar-refractivity contribution in [1.82, 2.24) is 4.90 Å². The molecular formula is C17H25NO3. The lowest BCUT2D eigenvalue weighted by Gasteiger charge is -2.47. The first-order chi connectivity index (χ1) is 10.2. The quantitative estimate of drug-likeness (QED) is 0.926.